The highest BCUT2D eigenvalue weighted by molar-refractivity contribution is 5.72. The molecule has 0 radical (unpaired) electrons. The molecule has 0 bridgehead atoms. The number of hydrogen-bond donors (Lipinski definition) is 1. The van der Waals surface area contributed by atoms with E-state index in [2.05, 4.69) is 11.9 Å². The standard InChI is InChI=1S/C9H15NO2/c1-2-7-12-9(11)8-3-5-10-6-4-8/h2,8,10H,1,3-7H2. The van der Waals surface area contributed by atoms with Crippen LogP contribution in [0.2, 0.25) is 0 Å². The second-order valence-electron chi connectivity index (χ2n) is 2.94. The Kier molecular flexibility index (Phi) is 3.80. The van der Waals surface area contributed by atoms with Gasteiger partial charge in [0.25, 0.3) is 0 Å². The van der Waals surface area contributed by atoms with Gasteiger partial charge in [0.15, 0.2) is 0 Å². The lowest BCUT2D eigenvalue weighted by atomic mass is 9.99. The Morgan fingerprint density at radius 1 is 1.58 bits per heavy atom. The normalized spacial score (nSPS) is 18.7. The van der Waals surface area contributed by atoms with Crippen molar-refractivity contribution in [2.45, 2.75) is 12.8 Å². The first-order valence-corrected chi connectivity index (χ1v) is 4.33. The third kappa shape index (κ3) is 2.66. The van der Waals surface area contributed by atoms with Crippen LogP contribution in [0.25, 0.3) is 0 Å². The zero-order chi connectivity index (χ0) is 8.81. The molecule has 0 unspecified atom stereocenters. The molecule has 0 saturated carbocycles. The first-order valence-electron chi connectivity index (χ1n) is 4.33. The Hall–Kier alpha value is -0.830. The number of nitrogens with one attached hydrogen (secondary N) is 1. The summed E-state index contributed by atoms with van der Waals surface area (Å²) >= 11 is 0. The third-order valence-corrected chi connectivity index (χ3v) is 2.02. The summed E-state index contributed by atoms with van der Waals surface area (Å²) in [6.45, 7) is 5.67. The number of hydrogen-bond acceptors (Lipinski definition) is 3. The van der Waals surface area contributed by atoms with E-state index >= 15 is 0 Å². The average molecular weight is 169 g/mol. The van der Waals surface area contributed by atoms with Gasteiger partial charge in [-0.15, -0.1) is 0 Å². The van der Waals surface area contributed by atoms with Gasteiger partial charge < -0.3 is 10.1 Å². The molecule has 68 valence electrons. The average Bonchev–Trinajstić information content (AvgIpc) is 2.15. The minimum absolute atomic E-state index is 0.0728. The molecule has 0 aromatic rings. The summed E-state index contributed by atoms with van der Waals surface area (Å²) in [5, 5.41) is 3.20. The second kappa shape index (κ2) is 4.93. The zero-order valence-electron chi connectivity index (χ0n) is 7.21. The van der Waals surface area contributed by atoms with Crippen molar-refractivity contribution >= 4 is 5.97 Å². The highest BCUT2D eigenvalue weighted by Crippen LogP contribution is 2.12. The number of esters is 1. The van der Waals surface area contributed by atoms with Crippen LogP contribution in [0.1, 0.15) is 12.8 Å². The quantitative estimate of drug-likeness (QED) is 0.499. The van der Waals surface area contributed by atoms with Crippen LogP contribution in [-0.2, 0) is 9.53 Å². The minimum Gasteiger partial charge on any atom is -0.461 e. The number of carbonyl (C=O) groups excluding carboxylic acids is 1. The summed E-state index contributed by atoms with van der Waals surface area (Å²) < 4.78 is 4.95. The monoisotopic (exact) mass is 169 g/mol. The summed E-state index contributed by atoms with van der Waals surface area (Å²) in [5.41, 5.74) is 0. The van der Waals surface area contributed by atoms with E-state index in [1.54, 1.807) is 6.08 Å². The van der Waals surface area contributed by atoms with E-state index in [-0.39, 0.29) is 11.9 Å². The largest absolute Gasteiger partial charge is 0.461 e. The van der Waals surface area contributed by atoms with E-state index < -0.39 is 0 Å². The van der Waals surface area contributed by atoms with E-state index in [1.807, 2.05) is 0 Å². The van der Waals surface area contributed by atoms with Crippen LogP contribution in [0.15, 0.2) is 12.7 Å². The van der Waals surface area contributed by atoms with Gasteiger partial charge in [-0.05, 0) is 25.9 Å². The van der Waals surface area contributed by atoms with Crippen LogP contribution >= 0.6 is 0 Å². The molecule has 0 aromatic carbocycles. The van der Waals surface area contributed by atoms with E-state index in [4.69, 9.17) is 4.74 Å². The molecule has 0 amide bonds. The molecule has 3 heteroatoms. The van der Waals surface area contributed by atoms with Gasteiger partial charge in [0.2, 0.25) is 0 Å². The van der Waals surface area contributed by atoms with Crippen molar-refractivity contribution in [2.75, 3.05) is 19.7 Å². The molecule has 3 nitrogen and oxygen atoms in total. The molecule has 0 spiro atoms. The highest BCUT2D eigenvalue weighted by atomic mass is 16.5. The Labute approximate surface area is 72.8 Å². The fourth-order valence-electron chi connectivity index (χ4n) is 1.32. The maximum atomic E-state index is 11.3. The van der Waals surface area contributed by atoms with Gasteiger partial charge in [0.05, 0.1) is 5.92 Å². The van der Waals surface area contributed by atoms with Gasteiger partial charge >= 0.3 is 5.97 Å². The van der Waals surface area contributed by atoms with Crippen molar-refractivity contribution in [3.8, 4) is 0 Å². The molecular formula is C9H15NO2. The predicted octanol–water partition coefficient (Wildman–Crippen LogP) is 0.715. The predicted molar refractivity (Wildman–Crippen MR) is 46.7 cm³/mol. The van der Waals surface area contributed by atoms with Crippen molar-refractivity contribution < 1.29 is 9.53 Å². The molecule has 1 rings (SSSR count). The maximum absolute atomic E-state index is 11.3. The Bertz CT molecular complexity index is 162. The smallest absolute Gasteiger partial charge is 0.309 e. The first-order chi connectivity index (χ1) is 5.84. The number of carbonyl (C=O) groups is 1. The van der Waals surface area contributed by atoms with E-state index in [1.165, 1.54) is 0 Å². The molecule has 0 aromatic heterocycles. The highest BCUT2D eigenvalue weighted by Gasteiger charge is 2.21. The molecule has 12 heavy (non-hydrogen) atoms. The van der Waals surface area contributed by atoms with Crippen LogP contribution < -0.4 is 5.32 Å². The van der Waals surface area contributed by atoms with Crippen LogP contribution in [-0.4, -0.2) is 25.7 Å². The van der Waals surface area contributed by atoms with Crippen molar-refractivity contribution in [1.29, 1.82) is 0 Å². The summed E-state index contributed by atoms with van der Waals surface area (Å²) in [6, 6.07) is 0. The summed E-state index contributed by atoms with van der Waals surface area (Å²) in [4.78, 5) is 11.3. The zero-order valence-corrected chi connectivity index (χ0v) is 7.21. The van der Waals surface area contributed by atoms with Crippen LogP contribution in [0.4, 0.5) is 0 Å². The Morgan fingerprint density at radius 3 is 2.83 bits per heavy atom. The molecule has 1 saturated heterocycles. The number of rotatable bonds is 3. The van der Waals surface area contributed by atoms with Crippen LogP contribution in [0.3, 0.4) is 0 Å². The van der Waals surface area contributed by atoms with Gasteiger partial charge in [-0.1, -0.05) is 12.7 Å². The fraction of sp³-hybridized carbons (Fsp3) is 0.667. The number of piperidine rings is 1. The van der Waals surface area contributed by atoms with Crippen molar-refractivity contribution in [3.63, 3.8) is 0 Å². The van der Waals surface area contributed by atoms with E-state index in [0.717, 1.165) is 25.9 Å². The van der Waals surface area contributed by atoms with Crippen molar-refractivity contribution in [1.82, 2.24) is 5.32 Å². The summed E-state index contributed by atoms with van der Waals surface area (Å²) in [7, 11) is 0. The molecule has 1 aliphatic heterocycles. The summed E-state index contributed by atoms with van der Waals surface area (Å²) in [6.07, 6.45) is 3.39. The molecule has 1 N–H and O–H groups in total. The summed E-state index contributed by atoms with van der Waals surface area (Å²) in [5.74, 6) is 0.0302. The van der Waals surface area contributed by atoms with Gasteiger partial charge in [0, 0.05) is 0 Å². The van der Waals surface area contributed by atoms with Crippen molar-refractivity contribution in [2.24, 2.45) is 5.92 Å². The lowest BCUT2D eigenvalue weighted by molar-refractivity contribution is -0.148. The van der Waals surface area contributed by atoms with Crippen molar-refractivity contribution in [3.05, 3.63) is 12.7 Å². The SMILES string of the molecule is C=CCOC(=O)C1CCNCC1. The lowest BCUT2D eigenvalue weighted by Gasteiger charge is -2.20. The Morgan fingerprint density at radius 2 is 2.25 bits per heavy atom. The maximum Gasteiger partial charge on any atom is 0.309 e. The molecule has 1 fully saturated rings. The lowest BCUT2D eigenvalue weighted by Crippen LogP contribution is -2.32. The van der Waals surface area contributed by atoms with E-state index in [9.17, 15) is 4.79 Å². The third-order valence-electron chi connectivity index (χ3n) is 2.02. The van der Waals surface area contributed by atoms with Gasteiger partial charge in [-0.25, -0.2) is 0 Å². The molecule has 0 atom stereocenters. The number of ether oxygens (including phenoxy) is 1. The Balaban J connectivity index is 2.24. The van der Waals surface area contributed by atoms with Gasteiger partial charge in [0.1, 0.15) is 6.61 Å². The topological polar surface area (TPSA) is 38.3 Å². The van der Waals surface area contributed by atoms with Gasteiger partial charge in [-0.3, -0.25) is 4.79 Å². The molecule has 0 aliphatic carbocycles. The van der Waals surface area contributed by atoms with Gasteiger partial charge in [-0.2, -0.15) is 0 Å². The second-order valence-corrected chi connectivity index (χ2v) is 2.94. The van der Waals surface area contributed by atoms with E-state index in [0.29, 0.717) is 6.61 Å². The fourth-order valence-corrected chi connectivity index (χ4v) is 1.32. The molecular weight excluding hydrogens is 154 g/mol. The minimum atomic E-state index is -0.0728. The first kappa shape index (κ1) is 9.26. The van der Waals surface area contributed by atoms with Crippen LogP contribution in [0, 0.1) is 5.92 Å². The molecule has 1 aliphatic rings. The molecule has 1 heterocycles. The van der Waals surface area contributed by atoms with Crippen LogP contribution in [0.5, 0.6) is 0 Å².